The fourth-order valence-electron chi connectivity index (χ4n) is 1.86. The minimum atomic E-state index is -0.586. The predicted octanol–water partition coefficient (Wildman–Crippen LogP) is 2.39. The number of nitrogens with two attached hydrogens (primary N) is 1. The maximum absolute atomic E-state index is 11.9. The van der Waals surface area contributed by atoms with Crippen LogP contribution in [0, 0.1) is 6.92 Å². The summed E-state index contributed by atoms with van der Waals surface area (Å²) in [4.78, 5) is 16.4. The van der Waals surface area contributed by atoms with E-state index in [1.807, 2.05) is 37.3 Å². The van der Waals surface area contributed by atoms with Crippen molar-refractivity contribution >= 4 is 22.5 Å². The number of rotatable bonds is 4. The number of carbonyl (C=O) groups excluding carboxylic acids is 1. The molecule has 0 aliphatic heterocycles. The molecule has 1 atom stereocenters. The standard InChI is InChI=1S/C15H17N3O/c1-3-5-12(16)15(19)18-13-7-4-6-11-9-8-10(2)17-14(11)13/h3-4,6-9,12H,1,5,16H2,2H3,(H,18,19). The van der Waals surface area contributed by atoms with Crippen molar-refractivity contribution in [2.45, 2.75) is 19.4 Å². The molecule has 4 heteroatoms. The summed E-state index contributed by atoms with van der Waals surface area (Å²) in [5.74, 6) is -0.226. The van der Waals surface area contributed by atoms with Crippen LogP contribution in [0.2, 0.25) is 0 Å². The normalized spacial score (nSPS) is 12.1. The second kappa shape index (κ2) is 5.63. The molecule has 0 bridgehead atoms. The number of aryl methyl sites for hydroxylation is 1. The van der Waals surface area contributed by atoms with Gasteiger partial charge in [-0.25, -0.2) is 0 Å². The molecule has 3 N–H and O–H groups in total. The first-order chi connectivity index (χ1) is 9.11. The van der Waals surface area contributed by atoms with Crippen molar-refractivity contribution in [1.29, 1.82) is 0 Å². The maximum Gasteiger partial charge on any atom is 0.241 e. The van der Waals surface area contributed by atoms with E-state index in [0.29, 0.717) is 12.1 Å². The Labute approximate surface area is 112 Å². The number of anilines is 1. The number of hydrogen-bond acceptors (Lipinski definition) is 3. The first-order valence-corrected chi connectivity index (χ1v) is 6.15. The summed E-state index contributed by atoms with van der Waals surface area (Å²) >= 11 is 0. The van der Waals surface area contributed by atoms with Crippen LogP contribution < -0.4 is 11.1 Å². The van der Waals surface area contributed by atoms with Gasteiger partial charge in [-0.15, -0.1) is 6.58 Å². The van der Waals surface area contributed by atoms with E-state index in [0.717, 1.165) is 16.6 Å². The molecule has 0 spiro atoms. The van der Waals surface area contributed by atoms with E-state index in [9.17, 15) is 4.79 Å². The van der Waals surface area contributed by atoms with Crippen LogP contribution in [0.25, 0.3) is 10.9 Å². The molecule has 1 heterocycles. The van der Waals surface area contributed by atoms with Gasteiger partial charge in [-0.05, 0) is 25.5 Å². The lowest BCUT2D eigenvalue weighted by Gasteiger charge is -2.12. The third-order valence-electron chi connectivity index (χ3n) is 2.87. The topological polar surface area (TPSA) is 68.0 Å². The van der Waals surface area contributed by atoms with Crippen molar-refractivity contribution in [1.82, 2.24) is 4.98 Å². The molecule has 2 aromatic rings. The Balaban J connectivity index is 2.32. The molecule has 1 unspecified atom stereocenters. The quantitative estimate of drug-likeness (QED) is 0.824. The van der Waals surface area contributed by atoms with E-state index in [-0.39, 0.29) is 5.91 Å². The van der Waals surface area contributed by atoms with Crippen molar-refractivity contribution in [2.75, 3.05) is 5.32 Å². The molecule has 0 saturated carbocycles. The Morgan fingerprint density at radius 2 is 2.26 bits per heavy atom. The number of benzene rings is 1. The molecule has 0 aliphatic rings. The summed E-state index contributed by atoms with van der Waals surface area (Å²) in [7, 11) is 0. The van der Waals surface area contributed by atoms with Crippen molar-refractivity contribution in [2.24, 2.45) is 5.73 Å². The number of nitrogens with one attached hydrogen (secondary N) is 1. The number of pyridine rings is 1. The highest BCUT2D eigenvalue weighted by Gasteiger charge is 2.13. The van der Waals surface area contributed by atoms with Crippen LogP contribution in [0.15, 0.2) is 43.0 Å². The van der Waals surface area contributed by atoms with E-state index in [1.54, 1.807) is 6.08 Å². The van der Waals surface area contributed by atoms with Crippen LogP contribution in [-0.4, -0.2) is 16.9 Å². The zero-order valence-electron chi connectivity index (χ0n) is 10.9. The van der Waals surface area contributed by atoms with Crippen LogP contribution in [0.1, 0.15) is 12.1 Å². The monoisotopic (exact) mass is 255 g/mol. The fraction of sp³-hybridized carbons (Fsp3) is 0.200. The van der Waals surface area contributed by atoms with E-state index in [1.165, 1.54) is 0 Å². The van der Waals surface area contributed by atoms with Gasteiger partial charge in [-0.1, -0.05) is 24.3 Å². The van der Waals surface area contributed by atoms with Gasteiger partial charge >= 0.3 is 0 Å². The Hall–Kier alpha value is -2.20. The minimum Gasteiger partial charge on any atom is -0.323 e. The highest BCUT2D eigenvalue weighted by atomic mass is 16.2. The summed E-state index contributed by atoms with van der Waals surface area (Å²) in [6, 6.07) is 9.01. The van der Waals surface area contributed by atoms with Gasteiger partial charge in [-0.2, -0.15) is 0 Å². The number of aromatic nitrogens is 1. The average Bonchev–Trinajstić information content (AvgIpc) is 2.39. The third kappa shape index (κ3) is 2.98. The first kappa shape index (κ1) is 13.2. The third-order valence-corrected chi connectivity index (χ3v) is 2.87. The van der Waals surface area contributed by atoms with E-state index >= 15 is 0 Å². The highest BCUT2D eigenvalue weighted by Crippen LogP contribution is 2.21. The number of amides is 1. The maximum atomic E-state index is 11.9. The molecule has 2 rings (SSSR count). The number of fused-ring (bicyclic) bond motifs is 1. The molecular weight excluding hydrogens is 238 g/mol. The number of nitrogens with zero attached hydrogens (tertiary/aromatic N) is 1. The van der Waals surface area contributed by atoms with Gasteiger partial charge in [0, 0.05) is 11.1 Å². The molecule has 0 radical (unpaired) electrons. The van der Waals surface area contributed by atoms with Gasteiger partial charge in [0.05, 0.1) is 17.2 Å². The smallest absolute Gasteiger partial charge is 0.241 e. The lowest BCUT2D eigenvalue weighted by atomic mass is 10.1. The minimum absolute atomic E-state index is 0.226. The summed E-state index contributed by atoms with van der Waals surface area (Å²) in [5.41, 5.74) is 8.12. The molecule has 98 valence electrons. The molecule has 0 fully saturated rings. The van der Waals surface area contributed by atoms with Gasteiger partial charge in [0.15, 0.2) is 0 Å². The first-order valence-electron chi connectivity index (χ1n) is 6.15. The van der Waals surface area contributed by atoms with Gasteiger partial charge in [0.25, 0.3) is 0 Å². The largest absolute Gasteiger partial charge is 0.323 e. The lowest BCUT2D eigenvalue weighted by Crippen LogP contribution is -2.35. The number of para-hydroxylation sites is 1. The second-order valence-electron chi connectivity index (χ2n) is 4.45. The van der Waals surface area contributed by atoms with Gasteiger partial charge in [-0.3, -0.25) is 9.78 Å². The lowest BCUT2D eigenvalue weighted by molar-refractivity contribution is -0.117. The predicted molar refractivity (Wildman–Crippen MR) is 77.9 cm³/mol. The van der Waals surface area contributed by atoms with Crippen LogP contribution in [-0.2, 0) is 4.79 Å². The van der Waals surface area contributed by atoms with Crippen LogP contribution in [0.4, 0.5) is 5.69 Å². The summed E-state index contributed by atoms with van der Waals surface area (Å²) < 4.78 is 0. The van der Waals surface area contributed by atoms with Crippen LogP contribution in [0.3, 0.4) is 0 Å². The van der Waals surface area contributed by atoms with E-state index in [4.69, 9.17) is 5.73 Å². The molecular formula is C15H17N3O. The highest BCUT2D eigenvalue weighted by molar-refractivity contribution is 6.02. The summed E-state index contributed by atoms with van der Waals surface area (Å²) in [6.07, 6.45) is 2.08. The zero-order chi connectivity index (χ0) is 13.8. The van der Waals surface area contributed by atoms with Gasteiger partial charge in [0.1, 0.15) is 0 Å². The zero-order valence-corrected chi connectivity index (χ0v) is 10.9. The summed E-state index contributed by atoms with van der Waals surface area (Å²) in [6.45, 7) is 5.50. The fourth-order valence-corrected chi connectivity index (χ4v) is 1.86. The van der Waals surface area contributed by atoms with Crippen molar-refractivity contribution in [3.8, 4) is 0 Å². The Morgan fingerprint density at radius 1 is 1.47 bits per heavy atom. The SMILES string of the molecule is C=CCC(N)C(=O)Nc1cccc2ccc(C)nc12. The van der Waals surface area contributed by atoms with Crippen LogP contribution in [0.5, 0.6) is 0 Å². The number of hydrogen-bond donors (Lipinski definition) is 2. The van der Waals surface area contributed by atoms with Crippen molar-refractivity contribution in [3.63, 3.8) is 0 Å². The molecule has 0 saturated heterocycles. The van der Waals surface area contributed by atoms with Gasteiger partial charge in [0.2, 0.25) is 5.91 Å². The molecule has 0 aliphatic carbocycles. The van der Waals surface area contributed by atoms with Gasteiger partial charge < -0.3 is 11.1 Å². The summed E-state index contributed by atoms with van der Waals surface area (Å²) in [5, 5.41) is 3.81. The average molecular weight is 255 g/mol. The molecule has 1 aromatic carbocycles. The van der Waals surface area contributed by atoms with Crippen molar-refractivity contribution < 1.29 is 4.79 Å². The number of carbonyl (C=O) groups is 1. The Morgan fingerprint density at radius 3 is 3.00 bits per heavy atom. The molecule has 19 heavy (non-hydrogen) atoms. The Kier molecular flexibility index (Phi) is 3.92. The Bertz CT molecular complexity index is 622. The molecule has 1 aromatic heterocycles. The molecule has 4 nitrogen and oxygen atoms in total. The second-order valence-corrected chi connectivity index (χ2v) is 4.45. The van der Waals surface area contributed by atoms with E-state index < -0.39 is 6.04 Å². The van der Waals surface area contributed by atoms with Crippen LogP contribution >= 0.6 is 0 Å². The molecule has 1 amide bonds. The van der Waals surface area contributed by atoms with E-state index in [2.05, 4.69) is 16.9 Å². The van der Waals surface area contributed by atoms with Crippen molar-refractivity contribution in [3.05, 3.63) is 48.7 Å².